The Kier molecular flexibility index (Phi) is 3.02. The summed E-state index contributed by atoms with van der Waals surface area (Å²) in [7, 11) is 1.32. The molecule has 0 aliphatic rings. The lowest BCUT2D eigenvalue weighted by atomic mass is 10.4. The molecule has 0 atom stereocenters. The van der Waals surface area contributed by atoms with Gasteiger partial charge >= 0.3 is 5.97 Å². The number of nitrogens with zero attached hydrogens (tertiary/aromatic N) is 3. The average molecular weight is 258 g/mol. The number of hydrogen-bond acceptors (Lipinski definition) is 5. The third kappa shape index (κ3) is 1.74. The van der Waals surface area contributed by atoms with Crippen molar-refractivity contribution in [3.63, 3.8) is 0 Å². The van der Waals surface area contributed by atoms with E-state index in [0.717, 1.165) is 0 Å². The molecule has 84 valence electrons. The Labute approximate surface area is 101 Å². The molecule has 2 rings (SSSR count). The van der Waals surface area contributed by atoms with Gasteiger partial charge in [0.15, 0.2) is 10.8 Å². The van der Waals surface area contributed by atoms with Crippen LogP contribution >= 0.6 is 23.4 Å². The fraction of sp³-hybridized carbons (Fsp3) is 0.222. The Morgan fingerprint density at radius 1 is 1.56 bits per heavy atom. The van der Waals surface area contributed by atoms with E-state index in [1.54, 1.807) is 12.1 Å². The van der Waals surface area contributed by atoms with E-state index in [0.29, 0.717) is 21.5 Å². The summed E-state index contributed by atoms with van der Waals surface area (Å²) in [5.41, 5.74) is 0.914. The van der Waals surface area contributed by atoms with Crippen LogP contribution in [0.3, 0.4) is 0 Å². The zero-order valence-corrected chi connectivity index (χ0v) is 10.2. The van der Waals surface area contributed by atoms with Crippen LogP contribution in [-0.2, 0) is 4.74 Å². The summed E-state index contributed by atoms with van der Waals surface area (Å²) in [5.74, 6) is -0.457. The van der Waals surface area contributed by atoms with Gasteiger partial charge in [-0.25, -0.2) is 14.3 Å². The lowest BCUT2D eigenvalue weighted by molar-refractivity contribution is 0.0591. The first kappa shape index (κ1) is 11.2. The number of halogens is 1. The SMILES string of the molecule is COC(=O)c1ccc2c(Cl)nc(SC)nn12. The van der Waals surface area contributed by atoms with Gasteiger partial charge in [-0.1, -0.05) is 23.4 Å². The molecule has 0 saturated heterocycles. The van der Waals surface area contributed by atoms with Crippen molar-refractivity contribution in [2.45, 2.75) is 5.16 Å². The topological polar surface area (TPSA) is 56.5 Å². The highest BCUT2D eigenvalue weighted by Gasteiger charge is 2.15. The fourth-order valence-electron chi connectivity index (χ4n) is 1.29. The molecule has 0 radical (unpaired) electrons. The molecule has 2 heterocycles. The van der Waals surface area contributed by atoms with Gasteiger partial charge in [0.25, 0.3) is 0 Å². The second-order valence-electron chi connectivity index (χ2n) is 2.90. The van der Waals surface area contributed by atoms with Crippen LogP contribution in [0.5, 0.6) is 0 Å². The number of thioether (sulfide) groups is 1. The molecule has 2 aromatic rings. The number of methoxy groups -OCH3 is 1. The number of carbonyl (C=O) groups excluding carboxylic acids is 1. The molecule has 0 aliphatic carbocycles. The highest BCUT2D eigenvalue weighted by atomic mass is 35.5. The maximum absolute atomic E-state index is 11.4. The van der Waals surface area contributed by atoms with Crippen molar-refractivity contribution in [1.82, 2.24) is 14.6 Å². The van der Waals surface area contributed by atoms with Gasteiger partial charge in [-0.05, 0) is 18.4 Å². The molecule has 0 aliphatic heterocycles. The standard InChI is InChI=1S/C9H8ClN3O2S/c1-15-8(14)6-4-3-5-7(10)11-9(16-2)12-13(5)6/h3-4H,1-2H3. The maximum Gasteiger partial charge on any atom is 0.356 e. The van der Waals surface area contributed by atoms with Gasteiger partial charge in [-0.2, -0.15) is 0 Å². The summed E-state index contributed by atoms with van der Waals surface area (Å²) >= 11 is 7.31. The molecule has 0 amide bonds. The second kappa shape index (κ2) is 4.31. The maximum atomic E-state index is 11.4. The summed E-state index contributed by atoms with van der Waals surface area (Å²) in [6.07, 6.45) is 1.83. The molecule has 7 heteroatoms. The lowest BCUT2D eigenvalue weighted by Crippen LogP contribution is -2.08. The molecule has 0 saturated carbocycles. The number of carbonyl (C=O) groups is 1. The number of ether oxygens (including phenoxy) is 1. The molecule has 0 unspecified atom stereocenters. The van der Waals surface area contributed by atoms with E-state index >= 15 is 0 Å². The molecule has 0 aromatic carbocycles. The summed E-state index contributed by atoms with van der Waals surface area (Å²) < 4.78 is 6.08. The van der Waals surface area contributed by atoms with Crippen LogP contribution in [0.4, 0.5) is 0 Å². The van der Waals surface area contributed by atoms with Gasteiger partial charge in [0.2, 0.25) is 5.16 Å². The second-order valence-corrected chi connectivity index (χ2v) is 4.03. The first-order valence-corrected chi connectivity index (χ1v) is 5.95. The largest absolute Gasteiger partial charge is 0.464 e. The molecule has 0 N–H and O–H groups in total. The Hall–Kier alpha value is -1.27. The molecule has 0 spiro atoms. The molecule has 0 bridgehead atoms. The average Bonchev–Trinajstić information content (AvgIpc) is 2.72. The highest BCUT2D eigenvalue weighted by molar-refractivity contribution is 7.98. The third-order valence-electron chi connectivity index (χ3n) is 2.02. The normalized spacial score (nSPS) is 10.7. The molecule has 2 aromatic heterocycles. The van der Waals surface area contributed by atoms with E-state index in [2.05, 4.69) is 14.8 Å². The quantitative estimate of drug-likeness (QED) is 0.607. The fourth-order valence-corrected chi connectivity index (χ4v) is 1.91. The predicted molar refractivity (Wildman–Crippen MR) is 61.1 cm³/mol. The van der Waals surface area contributed by atoms with Gasteiger partial charge in [0.05, 0.1) is 7.11 Å². The Morgan fingerprint density at radius 3 is 2.94 bits per heavy atom. The van der Waals surface area contributed by atoms with Gasteiger partial charge in [-0.15, -0.1) is 5.10 Å². The first-order chi connectivity index (χ1) is 7.67. The van der Waals surface area contributed by atoms with Crippen LogP contribution in [0, 0.1) is 0 Å². The van der Waals surface area contributed by atoms with Crippen molar-refractivity contribution in [2.75, 3.05) is 13.4 Å². The van der Waals surface area contributed by atoms with Crippen molar-refractivity contribution >= 4 is 34.8 Å². The molecular weight excluding hydrogens is 250 g/mol. The van der Waals surface area contributed by atoms with Gasteiger partial charge in [-0.3, -0.25) is 0 Å². The summed E-state index contributed by atoms with van der Waals surface area (Å²) in [6, 6.07) is 3.28. The Balaban J connectivity index is 2.70. The van der Waals surface area contributed by atoms with E-state index in [-0.39, 0.29) is 0 Å². The molecule has 5 nitrogen and oxygen atoms in total. The minimum absolute atomic E-state index is 0.314. The van der Waals surface area contributed by atoms with Crippen molar-refractivity contribution in [3.05, 3.63) is 23.0 Å². The van der Waals surface area contributed by atoms with Crippen LogP contribution in [-0.4, -0.2) is 33.9 Å². The summed E-state index contributed by atoms with van der Waals surface area (Å²) in [4.78, 5) is 15.5. The number of esters is 1. The van der Waals surface area contributed by atoms with Gasteiger partial charge in [0.1, 0.15) is 5.52 Å². The minimum atomic E-state index is -0.457. The van der Waals surface area contributed by atoms with E-state index in [9.17, 15) is 4.79 Å². The van der Waals surface area contributed by atoms with Crippen molar-refractivity contribution in [3.8, 4) is 0 Å². The van der Waals surface area contributed by atoms with Crippen LogP contribution < -0.4 is 0 Å². The highest BCUT2D eigenvalue weighted by Crippen LogP contribution is 2.20. The Bertz CT molecular complexity index is 555. The lowest BCUT2D eigenvalue weighted by Gasteiger charge is -2.02. The van der Waals surface area contributed by atoms with Gasteiger partial charge < -0.3 is 4.74 Å². The molecule has 16 heavy (non-hydrogen) atoms. The zero-order valence-electron chi connectivity index (χ0n) is 8.60. The minimum Gasteiger partial charge on any atom is -0.464 e. The van der Waals surface area contributed by atoms with Crippen molar-refractivity contribution < 1.29 is 9.53 Å². The van der Waals surface area contributed by atoms with E-state index in [1.165, 1.54) is 23.4 Å². The van der Waals surface area contributed by atoms with Crippen LogP contribution in [0.1, 0.15) is 10.5 Å². The number of rotatable bonds is 2. The predicted octanol–water partition coefficient (Wildman–Crippen LogP) is 1.89. The number of hydrogen-bond donors (Lipinski definition) is 0. The van der Waals surface area contributed by atoms with E-state index in [4.69, 9.17) is 11.6 Å². The van der Waals surface area contributed by atoms with E-state index < -0.39 is 5.97 Å². The van der Waals surface area contributed by atoms with Crippen LogP contribution in [0.2, 0.25) is 5.15 Å². The number of aromatic nitrogens is 3. The first-order valence-electron chi connectivity index (χ1n) is 4.35. The Morgan fingerprint density at radius 2 is 2.31 bits per heavy atom. The van der Waals surface area contributed by atoms with Crippen molar-refractivity contribution in [2.24, 2.45) is 0 Å². The van der Waals surface area contributed by atoms with Crippen molar-refractivity contribution in [1.29, 1.82) is 0 Å². The molecular formula is C9H8ClN3O2S. The zero-order chi connectivity index (χ0) is 11.7. The van der Waals surface area contributed by atoms with E-state index in [1.807, 2.05) is 6.26 Å². The van der Waals surface area contributed by atoms with Gasteiger partial charge in [0, 0.05) is 0 Å². The third-order valence-corrected chi connectivity index (χ3v) is 2.84. The molecule has 0 fully saturated rings. The monoisotopic (exact) mass is 257 g/mol. The summed E-state index contributed by atoms with van der Waals surface area (Å²) in [5, 5.41) is 4.98. The van der Waals surface area contributed by atoms with Crippen LogP contribution in [0.25, 0.3) is 5.52 Å². The summed E-state index contributed by atoms with van der Waals surface area (Å²) in [6.45, 7) is 0. The van der Waals surface area contributed by atoms with Crippen LogP contribution in [0.15, 0.2) is 17.3 Å². The smallest absolute Gasteiger partial charge is 0.356 e. The number of fused-ring (bicyclic) bond motifs is 1.